The molecule has 1 N–H and O–H groups in total. The zero-order valence-corrected chi connectivity index (χ0v) is 13.7. The first kappa shape index (κ1) is 15.7. The van der Waals surface area contributed by atoms with Crippen molar-refractivity contribution in [3.05, 3.63) is 5.69 Å². The van der Waals surface area contributed by atoms with Crippen LogP contribution >= 0.6 is 11.5 Å². The molecule has 20 heavy (non-hydrogen) atoms. The lowest BCUT2D eigenvalue weighted by Crippen LogP contribution is -2.36. The van der Waals surface area contributed by atoms with Crippen LogP contribution in [0.5, 0.6) is 0 Å². The topological polar surface area (TPSA) is 44.3 Å². The molecule has 0 radical (unpaired) electrons. The SMILES string of the molecule is CCCNc1snnc1CN1CCC(CN(C)C)CC1. The summed E-state index contributed by atoms with van der Waals surface area (Å²) in [4.78, 5) is 4.82. The molecule has 1 aliphatic rings. The number of aromatic nitrogens is 2. The number of rotatable bonds is 7. The van der Waals surface area contributed by atoms with E-state index in [4.69, 9.17) is 0 Å². The van der Waals surface area contributed by atoms with E-state index in [2.05, 4.69) is 45.7 Å². The van der Waals surface area contributed by atoms with Crippen LogP contribution in [0.25, 0.3) is 0 Å². The molecule has 1 fully saturated rings. The largest absolute Gasteiger partial charge is 0.374 e. The van der Waals surface area contributed by atoms with Gasteiger partial charge in [0.1, 0.15) is 10.7 Å². The van der Waals surface area contributed by atoms with E-state index in [1.165, 1.54) is 44.0 Å². The Morgan fingerprint density at radius 2 is 2.10 bits per heavy atom. The molecule has 1 aromatic rings. The molecule has 0 amide bonds. The zero-order chi connectivity index (χ0) is 14.4. The van der Waals surface area contributed by atoms with Crippen LogP contribution in [0.15, 0.2) is 0 Å². The van der Waals surface area contributed by atoms with Gasteiger partial charge < -0.3 is 10.2 Å². The molecule has 2 heterocycles. The molecule has 0 atom stereocenters. The van der Waals surface area contributed by atoms with Crippen LogP contribution in [0.3, 0.4) is 0 Å². The minimum absolute atomic E-state index is 0.854. The molecule has 0 aromatic carbocycles. The fourth-order valence-corrected chi connectivity index (χ4v) is 3.34. The summed E-state index contributed by atoms with van der Waals surface area (Å²) < 4.78 is 4.09. The monoisotopic (exact) mass is 297 g/mol. The van der Waals surface area contributed by atoms with Crippen molar-refractivity contribution in [1.82, 2.24) is 19.4 Å². The van der Waals surface area contributed by atoms with Crippen molar-refractivity contribution in [2.45, 2.75) is 32.7 Å². The van der Waals surface area contributed by atoms with Crippen LogP contribution < -0.4 is 5.32 Å². The Bertz CT molecular complexity index is 385. The van der Waals surface area contributed by atoms with Gasteiger partial charge in [0.2, 0.25) is 0 Å². The number of hydrogen-bond acceptors (Lipinski definition) is 6. The standard InChI is InChI=1S/C14H27N5S/c1-4-7-15-14-13(16-17-20-14)11-19-8-5-12(6-9-19)10-18(2)3/h12,15H,4-11H2,1-3H3. The minimum atomic E-state index is 0.854. The van der Waals surface area contributed by atoms with Gasteiger partial charge in [0.05, 0.1) is 0 Å². The number of anilines is 1. The van der Waals surface area contributed by atoms with E-state index in [1.807, 2.05) is 0 Å². The summed E-state index contributed by atoms with van der Waals surface area (Å²) in [6.45, 7) is 7.71. The van der Waals surface area contributed by atoms with Gasteiger partial charge in [0.25, 0.3) is 0 Å². The second-order valence-corrected chi connectivity index (χ2v) is 6.71. The van der Waals surface area contributed by atoms with Crippen LogP contribution in [0, 0.1) is 5.92 Å². The molecule has 0 spiro atoms. The second-order valence-electron chi connectivity index (χ2n) is 5.96. The van der Waals surface area contributed by atoms with Gasteiger partial charge in [0.15, 0.2) is 0 Å². The van der Waals surface area contributed by atoms with Gasteiger partial charge in [-0.05, 0) is 52.4 Å². The molecule has 5 nitrogen and oxygen atoms in total. The van der Waals surface area contributed by atoms with Gasteiger partial charge in [-0.1, -0.05) is 11.4 Å². The Morgan fingerprint density at radius 3 is 2.75 bits per heavy atom. The predicted octanol–water partition coefficient (Wildman–Crippen LogP) is 2.13. The molecular formula is C14H27N5S. The number of hydrogen-bond donors (Lipinski definition) is 1. The third-order valence-electron chi connectivity index (χ3n) is 3.80. The average molecular weight is 297 g/mol. The lowest BCUT2D eigenvalue weighted by molar-refractivity contribution is 0.155. The van der Waals surface area contributed by atoms with Crippen LogP contribution in [0.1, 0.15) is 31.9 Å². The van der Waals surface area contributed by atoms with Crippen LogP contribution in [-0.2, 0) is 6.54 Å². The maximum Gasteiger partial charge on any atom is 0.134 e. The molecule has 1 aliphatic heterocycles. The van der Waals surface area contributed by atoms with Crippen molar-refractivity contribution in [2.75, 3.05) is 45.6 Å². The predicted molar refractivity (Wildman–Crippen MR) is 85.2 cm³/mol. The van der Waals surface area contributed by atoms with Crippen LogP contribution in [0.4, 0.5) is 5.00 Å². The smallest absolute Gasteiger partial charge is 0.134 e. The fourth-order valence-electron chi connectivity index (χ4n) is 2.74. The van der Waals surface area contributed by atoms with Gasteiger partial charge >= 0.3 is 0 Å². The summed E-state index contributed by atoms with van der Waals surface area (Å²) in [6.07, 6.45) is 3.73. The highest BCUT2D eigenvalue weighted by Gasteiger charge is 2.21. The van der Waals surface area contributed by atoms with E-state index in [0.717, 1.165) is 36.1 Å². The van der Waals surface area contributed by atoms with Crippen molar-refractivity contribution >= 4 is 16.5 Å². The normalized spacial score (nSPS) is 17.8. The quantitative estimate of drug-likeness (QED) is 0.835. The zero-order valence-electron chi connectivity index (χ0n) is 12.9. The Balaban J connectivity index is 1.79. The molecule has 0 unspecified atom stereocenters. The first-order valence-corrected chi connectivity index (χ1v) is 8.38. The van der Waals surface area contributed by atoms with Crippen LogP contribution in [0.2, 0.25) is 0 Å². The van der Waals surface area contributed by atoms with Gasteiger partial charge in [-0.25, -0.2) is 0 Å². The molecule has 6 heteroatoms. The molecule has 0 bridgehead atoms. The van der Waals surface area contributed by atoms with Gasteiger partial charge in [-0.15, -0.1) is 5.10 Å². The van der Waals surface area contributed by atoms with Crippen molar-refractivity contribution in [3.8, 4) is 0 Å². The third kappa shape index (κ3) is 4.68. The Labute approximate surface area is 126 Å². The lowest BCUT2D eigenvalue weighted by Gasteiger charge is -2.32. The number of nitrogens with zero attached hydrogens (tertiary/aromatic N) is 4. The summed E-state index contributed by atoms with van der Waals surface area (Å²) in [5, 5.41) is 8.87. The first-order valence-electron chi connectivity index (χ1n) is 7.61. The Morgan fingerprint density at radius 1 is 1.35 bits per heavy atom. The van der Waals surface area contributed by atoms with E-state index in [0.29, 0.717) is 0 Å². The second kappa shape index (κ2) is 7.90. The number of likely N-dealkylation sites (tertiary alicyclic amines) is 1. The summed E-state index contributed by atoms with van der Waals surface area (Å²) >= 11 is 1.48. The minimum Gasteiger partial charge on any atom is -0.374 e. The molecular weight excluding hydrogens is 270 g/mol. The van der Waals surface area contributed by atoms with Crippen molar-refractivity contribution in [1.29, 1.82) is 0 Å². The van der Waals surface area contributed by atoms with E-state index >= 15 is 0 Å². The van der Waals surface area contributed by atoms with Crippen LogP contribution in [-0.4, -0.2) is 59.7 Å². The van der Waals surface area contributed by atoms with E-state index in [-0.39, 0.29) is 0 Å². The van der Waals surface area contributed by atoms with Gasteiger partial charge in [-0.3, -0.25) is 4.90 Å². The fraction of sp³-hybridized carbons (Fsp3) is 0.857. The molecule has 0 saturated carbocycles. The van der Waals surface area contributed by atoms with E-state index in [9.17, 15) is 0 Å². The van der Waals surface area contributed by atoms with Crippen molar-refractivity contribution in [3.63, 3.8) is 0 Å². The van der Waals surface area contributed by atoms with Crippen molar-refractivity contribution < 1.29 is 0 Å². The summed E-state index contributed by atoms with van der Waals surface area (Å²) in [6, 6.07) is 0. The van der Waals surface area contributed by atoms with Gasteiger partial charge in [-0.2, -0.15) is 0 Å². The van der Waals surface area contributed by atoms with Gasteiger partial charge in [0, 0.05) is 31.2 Å². The highest BCUT2D eigenvalue weighted by molar-refractivity contribution is 7.10. The molecule has 114 valence electrons. The Kier molecular flexibility index (Phi) is 6.19. The van der Waals surface area contributed by atoms with Crippen molar-refractivity contribution in [2.24, 2.45) is 5.92 Å². The maximum atomic E-state index is 4.29. The molecule has 2 rings (SSSR count). The summed E-state index contributed by atoms with van der Waals surface area (Å²) in [5.74, 6) is 0.854. The maximum absolute atomic E-state index is 4.29. The van der Waals surface area contributed by atoms with E-state index in [1.54, 1.807) is 0 Å². The number of nitrogens with one attached hydrogen (secondary N) is 1. The van der Waals surface area contributed by atoms with E-state index < -0.39 is 0 Å². The summed E-state index contributed by atoms with van der Waals surface area (Å²) in [5.41, 5.74) is 1.12. The molecule has 1 saturated heterocycles. The first-order chi connectivity index (χ1) is 9.69. The summed E-state index contributed by atoms with van der Waals surface area (Å²) in [7, 11) is 4.33. The number of piperidine rings is 1. The highest BCUT2D eigenvalue weighted by Crippen LogP contribution is 2.23. The molecule has 1 aromatic heterocycles. The molecule has 0 aliphatic carbocycles. The Hall–Kier alpha value is -0.720. The lowest BCUT2D eigenvalue weighted by atomic mass is 9.96. The third-order valence-corrected chi connectivity index (χ3v) is 4.52. The highest BCUT2D eigenvalue weighted by atomic mass is 32.1. The average Bonchev–Trinajstić information content (AvgIpc) is 2.85.